The Labute approximate surface area is 164 Å². The van der Waals surface area contributed by atoms with Gasteiger partial charge in [-0.3, -0.25) is 4.79 Å². The number of anilines is 1. The van der Waals surface area contributed by atoms with E-state index in [0.717, 1.165) is 31.5 Å². The molecule has 0 unspecified atom stereocenters. The van der Waals surface area contributed by atoms with Crippen molar-refractivity contribution in [3.63, 3.8) is 0 Å². The second kappa shape index (κ2) is 6.92. The maximum atomic E-state index is 12.5. The smallest absolute Gasteiger partial charge is 0.255 e. The molecule has 128 valence electrons. The van der Waals surface area contributed by atoms with Crippen molar-refractivity contribution in [3.8, 4) is 11.5 Å². The molecular weight excluding hydrogens is 439 g/mol. The fourth-order valence-corrected chi connectivity index (χ4v) is 3.15. The van der Waals surface area contributed by atoms with Gasteiger partial charge in [0.2, 0.25) is 5.89 Å². The number of aromatic nitrogens is 1. The first-order valence-corrected chi connectivity index (χ1v) is 9.22. The van der Waals surface area contributed by atoms with E-state index in [2.05, 4.69) is 32.9 Å². The zero-order valence-electron chi connectivity index (χ0n) is 14.0. The molecule has 0 spiro atoms. The summed E-state index contributed by atoms with van der Waals surface area (Å²) in [5.41, 5.74) is 4.70. The van der Waals surface area contributed by atoms with Crippen molar-refractivity contribution in [3.05, 3.63) is 81.4 Å². The van der Waals surface area contributed by atoms with Gasteiger partial charge >= 0.3 is 0 Å². The summed E-state index contributed by atoms with van der Waals surface area (Å²) in [6.07, 6.45) is 0. The van der Waals surface area contributed by atoms with Crippen LogP contribution in [0.5, 0.6) is 0 Å². The summed E-state index contributed by atoms with van der Waals surface area (Å²) in [5, 5.41) is 2.98. The van der Waals surface area contributed by atoms with E-state index < -0.39 is 0 Å². The number of nitrogens with zero attached hydrogens (tertiary/aromatic N) is 1. The second-order valence-corrected chi connectivity index (χ2v) is 7.17. The lowest BCUT2D eigenvalue weighted by atomic mass is 10.1. The van der Waals surface area contributed by atoms with Gasteiger partial charge in [-0.25, -0.2) is 4.98 Å². The molecule has 0 atom stereocenters. The minimum atomic E-state index is -0.140. The molecule has 0 saturated heterocycles. The van der Waals surface area contributed by atoms with Crippen molar-refractivity contribution in [1.82, 2.24) is 4.98 Å². The Morgan fingerprint density at radius 1 is 1.00 bits per heavy atom. The molecule has 1 heterocycles. The number of nitrogens with one attached hydrogen (secondary N) is 1. The van der Waals surface area contributed by atoms with Crippen LogP contribution in [0.1, 0.15) is 15.9 Å². The predicted molar refractivity (Wildman–Crippen MR) is 111 cm³/mol. The second-order valence-electron chi connectivity index (χ2n) is 5.93. The van der Waals surface area contributed by atoms with Gasteiger partial charge < -0.3 is 9.73 Å². The normalized spacial score (nSPS) is 10.8. The first-order valence-electron chi connectivity index (χ1n) is 8.14. The Bertz CT molecular complexity index is 1070. The topological polar surface area (TPSA) is 55.1 Å². The lowest BCUT2D eigenvalue weighted by Crippen LogP contribution is -2.12. The Balaban J connectivity index is 1.67. The van der Waals surface area contributed by atoms with Crippen LogP contribution in [0.3, 0.4) is 0 Å². The number of hydrogen-bond donors (Lipinski definition) is 1. The molecule has 0 radical (unpaired) electrons. The van der Waals surface area contributed by atoms with Gasteiger partial charge in [-0.15, -0.1) is 0 Å². The van der Waals surface area contributed by atoms with Crippen LogP contribution in [0, 0.1) is 10.5 Å². The van der Waals surface area contributed by atoms with Crippen LogP contribution in [-0.2, 0) is 0 Å². The van der Waals surface area contributed by atoms with E-state index in [1.165, 1.54) is 0 Å². The van der Waals surface area contributed by atoms with Crippen LogP contribution in [0.2, 0.25) is 0 Å². The van der Waals surface area contributed by atoms with Crippen LogP contribution in [0.15, 0.2) is 71.1 Å². The van der Waals surface area contributed by atoms with Gasteiger partial charge in [-0.2, -0.15) is 0 Å². The van der Waals surface area contributed by atoms with Crippen molar-refractivity contribution < 1.29 is 9.21 Å². The van der Waals surface area contributed by atoms with Crippen LogP contribution in [0.25, 0.3) is 22.6 Å². The summed E-state index contributed by atoms with van der Waals surface area (Å²) in [6, 6.07) is 20.8. The summed E-state index contributed by atoms with van der Waals surface area (Å²) >= 11 is 2.22. The molecule has 4 aromatic rings. The summed E-state index contributed by atoms with van der Waals surface area (Å²) in [4.78, 5) is 17.1. The number of rotatable bonds is 3. The SMILES string of the molecule is Cc1c(NC(=O)c2ccc(I)cc2)cccc1-c1nc2ccccc2o1. The molecule has 3 aromatic carbocycles. The van der Waals surface area contributed by atoms with E-state index in [1.807, 2.05) is 73.7 Å². The Kier molecular flexibility index (Phi) is 4.46. The fourth-order valence-electron chi connectivity index (χ4n) is 2.79. The van der Waals surface area contributed by atoms with Gasteiger partial charge in [-0.1, -0.05) is 18.2 Å². The van der Waals surface area contributed by atoms with E-state index in [4.69, 9.17) is 4.42 Å². The third-order valence-corrected chi connectivity index (χ3v) is 4.93. The molecule has 0 aliphatic rings. The predicted octanol–water partition coefficient (Wildman–Crippen LogP) is 5.66. The summed E-state index contributed by atoms with van der Waals surface area (Å²) in [5.74, 6) is 0.410. The van der Waals surface area contributed by atoms with Crippen molar-refractivity contribution >= 4 is 45.3 Å². The highest BCUT2D eigenvalue weighted by Crippen LogP contribution is 2.30. The van der Waals surface area contributed by atoms with Crippen molar-refractivity contribution in [1.29, 1.82) is 0 Å². The Morgan fingerprint density at radius 3 is 2.54 bits per heavy atom. The molecule has 1 amide bonds. The molecule has 4 nitrogen and oxygen atoms in total. The van der Waals surface area contributed by atoms with Crippen molar-refractivity contribution in [2.75, 3.05) is 5.32 Å². The van der Waals surface area contributed by atoms with Gasteiger partial charge in [0.1, 0.15) is 5.52 Å². The monoisotopic (exact) mass is 454 g/mol. The summed E-state index contributed by atoms with van der Waals surface area (Å²) < 4.78 is 6.96. The molecule has 4 rings (SSSR count). The molecule has 0 fully saturated rings. The number of carbonyl (C=O) groups is 1. The zero-order chi connectivity index (χ0) is 18.1. The third kappa shape index (κ3) is 3.22. The molecule has 0 aliphatic heterocycles. The van der Waals surface area contributed by atoms with E-state index >= 15 is 0 Å². The van der Waals surface area contributed by atoms with Crippen LogP contribution in [-0.4, -0.2) is 10.9 Å². The standard InChI is InChI=1S/C21H15IN2O2/c1-13-16(21-24-18-6-2-3-8-19(18)26-21)5-4-7-17(13)23-20(25)14-9-11-15(22)12-10-14/h2-12H,1H3,(H,23,25). The van der Waals surface area contributed by atoms with Crippen molar-refractivity contribution in [2.45, 2.75) is 6.92 Å². The van der Waals surface area contributed by atoms with E-state index in [0.29, 0.717) is 11.5 Å². The number of hydrogen-bond acceptors (Lipinski definition) is 3. The Hall–Kier alpha value is -2.67. The number of halogens is 1. The quantitative estimate of drug-likeness (QED) is 0.407. The van der Waals surface area contributed by atoms with E-state index in [9.17, 15) is 4.79 Å². The zero-order valence-corrected chi connectivity index (χ0v) is 16.2. The number of oxazole rings is 1. The third-order valence-electron chi connectivity index (χ3n) is 4.21. The van der Waals surface area contributed by atoms with Gasteiger partial charge in [0.25, 0.3) is 5.91 Å². The maximum Gasteiger partial charge on any atom is 0.255 e. The number of carbonyl (C=O) groups excluding carboxylic acids is 1. The highest BCUT2D eigenvalue weighted by Gasteiger charge is 2.14. The number of amides is 1. The van der Waals surface area contributed by atoms with Crippen molar-refractivity contribution in [2.24, 2.45) is 0 Å². The van der Waals surface area contributed by atoms with E-state index in [-0.39, 0.29) is 5.91 Å². The minimum absolute atomic E-state index is 0.140. The highest BCUT2D eigenvalue weighted by atomic mass is 127. The molecule has 1 N–H and O–H groups in total. The first-order chi connectivity index (χ1) is 12.6. The Morgan fingerprint density at radius 2 is 1.77 bits per heavy atom. The lowest BCUT2D eigenvalue weighted by molar-refractivity contribution is 0.102. The first kappa shape index (κ1) is 16.8. The molecule has 26 heavy (non-hydrogen) atoms. The maximum absolute atomic E-state index is 12.5. The average molecular weight is 454 g/mol. The molecule has 1 aromatic heterocycles. The fraction of sp³-hybridized carbons (Fsp3) is 0.0476. The number of benzene rings is 3. The largest absolute Gasteiger partial charge is 0.436 e. The van der Waals surface area contributed by atoms with Gasteiger partial charge in [0, 0.05) is 20.4 Å². The molecule has 0 bridgehead atoms. The van der Waals surface area contributed by atoms with Crippen LogP contribution in [0.4, 0.5) is 5.69 Å². The summed E-state index contributed by atoms with van der Waals surface area (Å²) in [7, 11) is 0. The average Bonchev–Trinajstić information content (AvgIpc) is 3.08. The molecule has 0 saturated carbocycles. The van der Waals surface area contributed by atoms with Gasteiger partial charge in [0.15, 0.2) is 5.58 Å². The lowest BCUT2D eigenvalue weighted by Gasteiger charge is -2.11. The van der Waals surface area contributed by atoms with Crippen LogP contribution >= 0.6 is 22.6 Å². The molecular formula is C21H15IN2O2. The number of fused-ring (bicyclic) bond motifs is 1. The van der Waals surface area contributed by atoms with Gasteiger partial charge in [0.05, 0.1) is 0 Å². The van der Waals surface area contributed by atoms with Gasteiger partial charge in [-0.05, 0) is 83.6 Å². The van der Waals surface area contributed by atoms with E-state index in [1.54, 1.807) is 0 Å². The van der Waals surface area contributed by atoms with Crippen LogP contribution < -0.4 is 5.32 Å². The number of para-hydroxylation sites is 2. The minimum Gasteiger partial charge on any atom is -0.436 e. The summed E-state index contributed by atoms with van der Waals surface area (Å²) in [6.45, 7) is 1.95. The molecule has 0 aliphatic carbocycles. The highest BCUT2D eigenvalue weighted by molar-refractivity contribution is 14.1. The molecule has 5 heteroatoms.